The molecular weight excluding hydrogens is 271 g/mol. The lowest BCUT2D eigenvalue weighted by atomic mass is 9.85. The lowest BCUT2D eigenvalue weighted by molar-refractivity contribution is 0.0140. The number of likely N-dealkylation sites (tertiary alicyclic amines) is 1. The van der Waals surface area contributed by atoms with E-state index in [2.05, 4.69) is 0 Å². The normalized spacial score (nSPS) is 21.6. The van der Waals surface area contributed by atoms with Crippen LogP contribution < -0.4 is 0 Å². The van der Waals surface area contributed by atoms with Crippen LogP contribution in [0.15, 0.2) is 11.5 Å². The van der Waals surface area contributed by atoms with E-state index in [1.54, 1.807) is 20.8 Å². The molecule has 0 aromatic carbocycles. The molecule has 0 aromatic heterocycles. The highest BCUT2D eigenvalue weighted by Crippen LogP contribution is 2.33. The number of halogens is 2. The first-order valence-electron chi connectivity index (χ1n) is 6.44. The second-order valence-corrected chi connectivity index (χ2v) is 5.78. The predicted octanol–water partition coefficient (Wildman–Crippen LogP) is 1.59. The van der Waals surface area contributed by atoms with Crippen LogP contribution in [0.5, 0.6) is 0 Å². The topological polar surface area (TPSA) is 70.0 Å². The largest absolute Gasteiger partial charge is 0.480 e. The van der Waals surface area contributed by atoms with Gasteiger partial charge in [0, 0.05) is 19.5 Å². The minimum atomic E-state index is -3.15. The summed E-state index contributed by atoms with van der Waals surface area (Å²) >= 11 is 0. The number of carbonyl (C=O) groups is 1. The Bertz CT molecular complexity index is 393. The van der Waals surface area contributed by atoms with E-state index in [0.29, 0.717) is 0 Å². The molecule has 1 fully saturated rings. The third-order valence-corrected chi connectivity index (χ3v) is 2.82. The highest BCUT2D eigenvalue weighted by molar-refractivity contribution is 6.47. The smallest absolute Gasteiger partial charge is 0.444 e. The second-order valence-electron chi connectivity index (χ2n) is 5.78. The summed E-state index contributed by atoms with van der Waals surface area (Å²) in [6.45, 7) is 5.02. The van der Waals surface area contributed by atoms with Gasteiger partial charge in [0.25, 0.3) is 5.92 Å². The molecule has 8 heteroatoms. The van der Waals surface area contributed by atoms with Crippen molar-refractivity contribution in [2.75, 3.05) is 13.1 Å². The van der Waals surface area contributed by atoms with Gasteiger partial charge < -0.3 is 19.7 Å². The zero-order chi connectivity index (χ0) is 15.6. The molecule has 2 N–H and O–H groups in total. The second kappa shape index (κ2) is 6.09. The Kier molecular flexibility index (Phi) is 5.15. The number of rotatable bonds is 1. The Hall–Kier alpha value is -1.15. The van der Waals surface area contributed by atoms with E-state index in [1.807, 2.05) is 0 Å². The van der Waals surface area contributed by atoms with Crippen molar-refractivity contribution in [3.63, 3.8) is 0 Å². The van der Waals surface area contributed by atoms with Gasteiger partial charge in [-0.1, -0.05) is 0 Å². The van der Waals surface area contributed by atoms with Gasteiger partial charge in [0.15, 0.2) is 0 Å². The molecule has 0 atom stereocenters. The molecule has 1 amide bonds. The number of nitrogens with zero attached hydrogens (tertiary/aromatic N) is 1. The van der Waals surface area contributed by atoms with Gasteiger partial charge in [0.2, 0.25) is 0 Å². The minimum absolute atomic E-state index is 0.0586. The molecule has 114 valence electrons. The molecule has 0 radical (unpaired) electrons. The molecule has 1 saturated heterocycles. The molecule has 1 aliphatic heterocycles. The first-order valence-corrected chi connectivity index (χ1v) is 6.44. The van der Waals surface area contributed by atoms with Crippen LogP contribution in [0.25, 0.3) is 0 Å². The zero-order valence-electron chi connectivity index (χ0n) is 11.9. The summed E-state index contributed by atoms with van der Waals surface area (Å²) in [5, 5.41) is 17.6. The van der Waals surface area contributed by atoms with Gasteiger partial charge in [-0.25, -0.2) is 13.6 Å². The lowest BCUT2D eigenvalue weighted by Crippen LogP contribution is -2.37. The van der Waals surface area contributed by atoms with Gasteiger partial charge in [-0.05, 0) is 38.7 Å². The summed E-state index contributed by atoms with van der Waals surface area (Å²) in [5.74, 6) is -2.43. The van der Waals surface area contributed by atoms with Crippen molar-refractivity contribution in [3.8, 4) is 0 Å². The summed E-state index contributed by atoms with van der Waals surface area (Å²) in [4.78, 5) is 13.1. The van der Waals surface area contributed by atoms with Crippen LogP contribution in [-0.4, -0.2) is 52.8 Å². The van der Waals surface area contributed by atoms with E-state index in [-0.39, 0.29) is 25.1 Å². The fraction of sp³-hybridized carbons (Fsp3) is 0.750. The molecule has 0 aromatic rings. The lowest BCUT2D eigenvalue weighted by Gasteiger charge is -2.26. The number of hydrogen-bond acceptors (Lipinski definition) is 4. The molecule has 0 aliphatic carbocycles. The van der Waals surface area contributed by atoms with E-state index in [1.165, 1.54) is 4.90 Å². The SMILES string of the molecule is CC(C)(C)OC(=O)N1CC/C(=C\B(O)O)C(F)(F)CC1. The van der Waals surface area contributed by atoms with Crippen LogP contribution in [0.2, 0.25) is 0 Å². The van der Waals surface area contributed by atoms with Crippen molar-refractivity contribution in [2.45, 2.75) is 45.1 Å². The molecule has 1 rings (SSSR count). The summed E-state index contributed by atoms with van der Waals surface area (Å²) in [6, 6.07) is 0. The zero-order valence-corrected chi connectivity index (χ0v) is 11.9. The van der Waals surface area contributed by atoms with E-state index >= 15 is 0 Å². The predicted molar refractivity (Wildman–Crippen MR) is 70.3 cm³/mol. The van der Waals surface area contributed by atoms with Crippen molar-refractivity contribution in [1.29, 1.82) is 0 Å². The Morgan fingerprint density at radius 3 is 2.50 bits per heavy atom. The molecule has 0 spiro atoms. The van der Waals surface area contributed by atoms with Crippen molar-refractivity contribution in [2.24, 2.45) is 0 Å². The van der Waals surface area contributed by atoms with Crippen molar-refractivity contribution < 1.29 is 28.4 Å². The number of ether oxygens (including phenoxy) is 1. The molecular formula is C12H20BF2NO4. The maximum Gasteiger partial charge on any atom is 0.480 e. The van der Waals surface area contributed by atoms with Gasteiger partial charge in [-0.15, -0.1) is 0 Å². The van der Waals surface area contributed by atoms with Gasteiger partial charge >= 0.3 is 13.2 Å². The molecule has 5 nitrogen and oxygen atoms in total. The fourth-order valence-corrected chi connectivity index (χ4v) is 1.88. The first kappa shape index (κ1) is 16.9. The number of carbonyl (C=O) groups excluding carboxylic acids is 1. The minimum Gasteiger partial charge on any atom is -0.444 e. The Labute approximate surface area is 117 Å². The average Bonchev–Trinajstić information content (AvgIpc) is 2.36. The Morgan fingerprint density at radius 1 is 1.40 bits per heavy atom. The molecule has 1 heterocycles. The quantitative estimate of drug-likeness (QED) is 0.720. The summed E-state index contributed by atoms with van der Waals surface area (Å²) in [7, 11) is -1.93. The molecule has 1 aliphatic rings. The van der Waals surface area contributed by atoms with Crippen molar-refractivity contribution in [1.82, 2.24) is 4.90 Å². The van der Waals surface area contributed by atoms with Gasteiger partial charge in [-0.2, -0.15) is 0 Å². The monoisotopic (exact) mass is 291 g/mol. The van der Waals surface area contributed by atoms with Crippen LogP contribution >= 0.6 is 0 Å². The highest BCUT2D eigenvalue weighted by Gasteiger charge is 2.39. The van der Waals surface area contributed by atoms with Crippen LogP contribution in [0.3, 0.4) is 0 Å². The van der Waals surface area contributed by atoms with E-state index in [9.17, 15) is 13.6 Å². The number of hydrogen-bond donors (Lipinski definition) is 2. The molecule has 20 heavy (non-hydrogen) atoms. The van der Waals surface area contributed by atoms with Gasteiger partial charge in [-0.3, -0.25) is 0 Å². The summed E-state index contributed by atoms with van der Waals surface area (Å²) < 4.78 is 32.7. The number of amides is 1. The maximum absolute atomic E-state index is 13.8. The van der Waals surface area contributed by atoms with Crippen LogP contribution in [0.4, 0.5) is 13.6 Å². The highest BCUT2D eigenvalue weighted by atomic mass is 19.3. The van der Waals surface area contributed by atoms with Crippen molar-refractivity contribution in [3.05, 3.63) is 11.5 Å². The van der Waals surface area contributed by atoms with E-state index < -0.39 is 31.2 Å². The van der Waals surface area contributed by atoms with Crippen LogP contribution in [-0.2, 0) is 4.74 Å². The third kappa shape index (κ3) is 5.09. The van der Waals surface area contributed by atoms with E-state index in [4.69, 9.17) is 14.8 Å². The fourth-order valence-electron chi connectivity index (χ4n) is 1.88. The standard InChI is InChI=1S/C12H20BF2NO4/c1-11(2,3)20-10(17)16-6-4-9(8-13(18)19)12(14,15)5-7-16/h8,18-19H,4-7H2,1-3H3/b9-8+. The van der Waals surface area contributed by atoms with Crippen molar-refractivity contribution >= 4 is 13.2 Å². The summed E-state index contributed by atoms with van der Waals surface area (Å²) in [6.07, 6.45) is -1.33. The molecule has 0 unspecified atom stereocenters. The third-order valence-electron chi connectivity index (χ3n) is 2.82. The average molecular weight is 291 g/mol. The van der Waals surface area contributed by atoms with Crippen LogP contribution in [0.1, 0.15) is 33.6 Å². The molecule has 0 bridgehead atoms. The number of alkyl halides is 2. The summed E-state index contributed by atoms with van der Waals surface area (Å²) in [5.41, 5.74) is -1.05. The molecule has 0 saturated carbocycles. The first-order chi connectivity index (χ1) is 9.01. The van der Waals surface area contributed by atoms with Gasteiger partial charge in [0.1, 0.15) is 5.60 Å². The maximum atomic E-state index is 13.8. The van der Waals surface area contributed by atoms with Gasteiger partial charge in [0.05, 0.1) is 0 Å². The van der Waals surface area contributed by atoms with E-state index in [0.717, 1.165) is 5.98 Å². The van der Waals surface area contributed by atoms with Crippen LogP contribution in [0, 0.1) is 0 Å². The Balaban J connectivity index is 2.78. The Morgan fingerprint density at radius 2 is 2.00 bits per heavy atom.